The Labute approximate surface area is 64.3 Å². The first-order chi connectivity index (χ1) is 3.83. The number of rotatable bonds is 2. The van der Waals surface area contributed by atoms with Crippen LogP contribution in [0.3, 0.4) is 0 Å². The highest BCUT2D eigenvalue weighted by molar-refractivity contribution is 6.34. The zero-order chi connectivity index (χ0) is 6.83. The summed E-state index contributed by atoms with van der Waals surface area (Å²) in [5, 5.41) is 2.97. The van der Waals surface area contributed by atoms with Crippen molar-refractivity contribution in [1.82, 2.24) is 0 Å². The fourth-order valence-corrected chi connectivity index (χ4v) is 1.06. The predicted octanol–water partition coefficient (Wildman–Crippen LogP) is 2.54. The lowest BCUT2D eigenvalue weighted by atomic mass is 10.9. The van der Waals surface area contributed by atoms with Crippen LogP contribution in [0.25, 0.3) is 0 Å². The van der Waals surface area contributed by atoms with Gasteiger partial charge in [0.1, 0.15) is 0 Å². The first-order valence-electron chi connectivity index (χ1n) is 3.39. The number of hydrogen-bond acceptors (Lipinski definition) is 0. The molecule has 0 aliphatic rings. The molecule has 0 aromatic rings. The summed E-state index contributed by atoms with van der Waals surface area (Å²) in [6.07, 6.45) is 0. The first kappa shape index (κ1) is 11.6. The normalized spacial score (nSPS) is 7.00. The topological polar surface area (TPSA) is 0 Å². The summed E-state index contributed by atoms with van der Waals surface area (Å²) in [6.45, 7) is 6.44. The molecule has 0 aliphatic heterocycles. The molecule has 0 unspecified atom stereocenters. The molecule has 0 aromatic heterocycles. The average Bonchev–Trinajstić information content (AvgIpc) is 1.71. The molecule has 0 aliphatic carbocycles. The highest BCUT2D eigenvalue weighted by Crippen LogP contribution is 1.77. The van der Waals surface area contributed by atoms with E-state index in [1.165, 1.54) is 10.6 Å². The molecule has 0 nitrogen and oxygen atoms in total. The molecule has 2 heteroatoms. The Balaban J connectivity index is 0. The lowest BCUT2D eigenvalue weighted by Gasteiger charge is -1.73. The minimum atomic E-state index is 0.432. The summed E-state index contributed by atoms with van der Waals surface area (Å²) < 4.78 is 0. The van der Waals surface area contributed by atoms with Gasteiger partial charge in [0.05, 0.1) is 0 Å². The second-order valence-electron chi connectivity index (χ2n) is 1.62. The van der Waals surface area contributed by atoms with E-state index in [1.807, 2.05) is 6.92 Å². The minimum Gasteiger partial charge on any atom is -0.127 e. The van der Waals surface area contributed by atoms with Crippen molar-refractivity contribution in [2.75, 3.05) is 5.88 Å². The third kappa shape index (κ3) is 29.0. The van der Waals surface area contributed by atoms with Gasteiger partial charge in [-0.3, -0.25) is 0 Å². The molecule has 0 fully saturated rings. The van der Waals surface area contributed by atoms with Crippen LogP contribution in [-0.4, -0.2) is 21.1 Å². The third-order valence-corrected chi connectivity index (χ3v) is 2.12. The van der Waals surface area contributed by atoms with Crippen molar-refractivity contribution < 1.29 is 0 Å². The molecule has 0 saturated carbocycles. The SMILES string of the molecule is CCCl.C[CH2][AlH][CH2]C. The fraction of sp³-hybridized carbons (Fsp3) is 1.00. The smallest absolute Gasteiger partial charge is 0.127 e. The van der Waals surface area contributed by atoms with Gasteiger partial charge in [0.15, 0.2) is 0 Å². The molecular formula is C6H16AlCl. The maximum atomic E-state index is 5.00. The van der Waals surface area contributed by atoms with Gasteiger partial charge >= 0.3 is 0 Å². The molecule has 0 spiro atoms. The number of halogens is 1. The summed E-state index contributed by atoms with van der Waals surface area (Å²) in [6, 6.07) is 0. The van der Waals surface area contributed by atoms with E-state index in [2.05, 4.69) is 13.8 Å². The summed E-state index contributed by atoms with van der Waals surface area (Å²) in [4.78, 5) is 0. The second kappa shape index (κ2) is 15.7. The predicted molar refractivity (Wildman–Crippen MR) is 44.5 cm³/mol. The highest BCUT2D eigenvalue weighted by Gasteiger charge is 1.76. The minimum absolute atomic E-state index is 0.432. The molecule has 0 aromatic carbocycles. The van der Waals surface area contributed by atoms with Gasteiger partial charge in [0, 0.05) is 5.88 Å². The van der Waals surface area contributed by atoms with E-state index in [-0.39, 0.29) is 0 Å². The summed E-state index contributed by atoms with van der Waals surface area (Å²) in [5.74, 6) is 0.722. The standard InChI is InChI=1S/C2H5Cl.2C2H5.Al.H/c1-2-3;2*1-2;;/h2H2,1H3;2*1H2,2H3;;. The molecule has 0 radical (unpaired) electrons. The van der Waals surface area contributed by atoms with E-state index in [4.69, 9.17) is 11.6 Å². The lowest BCUT2D eigenvalue weighted by molar-refractivity contribution is 1.36. The van der Waals surface area contributed by atoms with Crippen molar-refractivity contribution in [1.29, 1.82) is 0 Å². The number of alkyl halides is 1. The molecule has 0 rings (SSSR count). The van der Waals surface area contributed by atoms with Crippen LogP contribution in [0.5, 0.6) is 0 Å². The van der Waals surface area contributed by atoms with Crippen molar-refractivity contribution >= 4 is 26.8 Å². The van der Waals surface area contributed by atoms with Crippen LogP contribution >= 0.6 is 11.6 Å². The van der Waals surface area contributed by atoms with Crippen LogP contribution in [0.1, 0.15) is 20.8 Å². The van der Waals surface area contributed by atoms with Crippen LogP contribution < -0.4 is 0 Å². The second-order valence-corrected chi connectivity index (χ2v) is 4.86. The first-order valence-corrected chi connectivity index (χ1v) is 5.92. The summed E-state index contributed by atoms with van der Waals surface area (Å²) >= 11 is 5.43. The maximum absolute atomic E-state index is 5.00. The fourth-order valence-electron chi connectivity index (χ4n) is 0.354. The maximum Gasteiger partial charge on any atom is 0.236 e. The average molecular weight is 151 g/mol. The Morgan fingerprint density at radius 3 is 1.38 bits per heavy atom. The molecule has 8 heavy (non-hydrogen) atoms. The van der Waals surface area contributed by atoms with E-state index in [1.54, 1.807) is 0 Å². The van der Waals surface area contributed by atoms with Crippen molar-refractivity contribution in [2.24, 2.45) is 0 Å². The van der Waals surface area contributed by atoms with E-state index in [0.29, 0.717) is 15.2 Å². The Kier molecular flexibility index (Phi) is 22.7. The van der Waals surface area contributed by atoms with Crippen molar-refractivity contribution in [3.63, 3.8) is 0 Å². The lowest BCUT2D eigenvalue weighted by Crippen LogP contribution is -1.76. The van der Waals surface area contributed by atoms with Crippen molar-refractivity contribution in [3.05, 3.63) is 0 Å². The van der Waals surface area contributed by atoms with Gasteiger partial charge in [-0.1, -0.05) is 20.8 Å². The zero-order valence-corrected chi connectivity index (χ0v) is 8.38. The molecule has 0 atom stereocenters. The van der Waals surface area contributed by atoms with Crippen LogP contribution in [0.2, 0.25) is 10.6 Å². The molecular weight excluding hydrogens is 135 g/mol. The van der Waals surface area contributed by atoms with Gasteiger partial charge in [-0.2, -0.15) is 0 Å². The van der Waals surface area contributed by atoms with Crippen molar-refractivity contribution in [2.45, 2.75) is 31.3 Å². The summed E-state index contributed by atoms with van der Waals surface area (Å²) in [7, 11) is 0. The van der Waals surface area contributed by atoms with Crippen LogP contribution in [0.4, 0.5) is 0 Å². The van der Waals surface area contributed by atoms with E-state index < -0.39 is 0 Å². The van der Waals surface area contributed by atoms with E-state index >= 15 is 0 Å². The number of hydrogen-bond donors (Lipinski definition) is 0. The molecule has 0 N–H and O–H groups in total. The molecule has 50 valence electrons. The van der Waals surface area contributed by atoms with Gasteiger partial charge in [0.25, 0.3) is 0 Å². The Morgan fingerprint density at radius 2 is 1.38 bits per heavy atom. The highest BCUT2D eigenvalue weighted by atomic mass is 35.5. The van der Waals surface area contributed by atoms with Crippen LogP contribution in [0.15, 0.2) is 0 Å². The monoisotopic (exact) mass is 150 g/mol. The quantitative estimate of drug-likeness (QED) is 0.419. The summed E-state index contributed by atoms with van der Waals surface area (Å²) in [5.41, 5.74) is 0. The van der Waals surface area contributed by atoms with Crippen LogP contribution in [0, 0.1) is 0 Å². The molecule has 0 saturated heterocycles. The zero-order valence-electron chi connectivity index (χ0n) is 6.21. The molecule has 0 bridgehead atoms. The van der Waals surface area contributed by atoms with Crippen LogP contribution in [-0.2, 0) is 0 Å². The van der Waals surface area contributed by atoms with Crippen molar-refractivity contribution in [3.8, 4) is 0 Å². The van der Waals surface area contributed by atoms with E-state index in [0.717, 1.165) is 5.88 Å². The van der Waals surface area contributed by atoms with Gasteiger partial charge in [-0.25, -0.2) is 0 Å². The Morgan fingerprint density at radius 1 is 1.12 bits per heavy atom. The van der Waals surface area contributed by atoms with Gasteiger partial charge in [-0.05, 0) is 0 Å². The van der Waals surface area contributed by atoms with Gasteiger partial charge in [-0.15, -0.1) is 22.2 Å². The van der Waals surface area contributed by atoms with Gasteiger partial charge in [0.2, 0.25) is 15.2 Å². The molecule has 0 amide bonds. The third-order valence-electron chi connectivity index (χ3n) is 0.707. The van der Waals surface area contributed by atoms with E-state index in [9.17, 15) is 0 Å². The Bertz CT molecular complexity index is 22.5. The largest absolute Gasteiger partial charge is 0.236 e. The van der Waals surface area contributed by atoms with Gasteiger partial charge < -0.3 is 0 Å². The molecule has 0 heterocycles. The Hall–Kier alpha value is 0.822.